The first-order chi connectivity index (χ1) is 7.79. The van der Waals surface area contributed by atoms with E-state index in [1.54, 1.807) is 0 Å². The van der Waals surface area contributed by atoms with Crippen LogP contribution in [0.15, 0.2) is 42.5 Å². The van der Waals surface area contributed by atoms with E-state index in [4.69, 9.17) is 5.73 Å². The Balaban J connectivity index is 2.13. The highest BCUT2D eigenvalue weighted by Crippen LogP contribution is 2.17. The summed E-state index contributed by atoms with van der Waals surface area (Å²) in [4.78, 5) is 0. The predicted molar refractivity (Wildman–Crippen MR) is 70.5 cm³/mol. The summed E-state index contributed by atoms with van der Waals surface area (Å²) in [6.07, 6.45) is 3.22. The number of rotatable bonds is 4. The molecule has 84 valence electrons. The lowest BCUT2D eigenvalue weighted by molar-refractivity contribution is 0.596. The van der Waals surface area contributed by atoms with Crippen LogP contribution in [0.3, 0.4) is 0 Å². The first-order valence-corrected chi connectivity index (χ1v) is 6.03. The molecular weight excluding hydrogens is 194 g/mol. The van der Waals surface area contributed by atoms with Crippen LogP contribution in [-0.2, 0) is 6.42 Å². The fraction of sp³-hybridized carbons (Fsp3) is 0.333. The van der Waals surface area contributed by atoms with Gasteiger partial charge in [0.15, 0.2) is 0 Å². The molecule has 0 aromatic heterocycles. The SMILES string of the molecule is CCC(N)CCc1ccc2ccccc2c1. The van der Waals surface area contributed by atoms with Gasteiger partial charge in [-0.15, -0.1) is 0 Å². The summed E-state index contributed by atoms with van der Waals surface area (Å²) < 4.78 is 0. The van der Waals surface area contributed by atoms with Gasteiger partial charge in [0.05, 0.1) is 0 Å². The normalized spacial score (nSPS) is 12.9. The highest BCUT2D eigenvalue weighted by molar-refractivity contribution is 5.82. The molecule has 2 aromatic carbocycles. The molecule has 0 spiro atoms. The van der Waals surface area contributed by atoms with E-state index in [1.807, 2.05) is 0 Å². The lowest BCUT2D eigenvalue weighted by Crippen LogP contribution is -2.18. The van der Waals surface area contributed by atoms with Crippen molar-refractivity contribution in [2.24, 2.45) is 5.73 Å². The summed E-state index contributed by atoms with van der Waals surface area (Å²) in [6.45, 7) is 2.14. The van der Waals surface area contributed by atoms with Crippen molar-refractivity contribution in [2.75, 3.05) is 0 Å². The molecule has 0 amide bonds. The van der Waals surface area contributed by atoms with E-state index in [-0.39, 0.29) is 0 Å². The second-order valence-corrected chi connectivity index (χ2v) is 4.39. The molecule has 2 N–H and O–H groups in total. The van der Waals surface area contributed by atoms with Gasteiger partial charge in [-0.2, -0.15) is 0 Å². The first kappa shape index (κ1) is 11.2. The van der Waals surface area contributed by atoms with Crippen LogP contribution < -0.4 is 5.73 Å². The van der Waals surface area contributed by atoms with Crippen molar-refractivity contribution in [3.05, 3.63) is 48.0 Å². The van der Waals surface area contributed by atoms with Gasteiger partial charge < -0.3 is 5.73 Å². The molecule has 0 saturated carbocycles. The van der Waals surface area contributed by atoms with E-state index in [1.165, 1.54) is 16.3 Å². The van der Waals surface area contributed by atoms with Gasteiger partial charge in [0, 0.05) is 6.04 Å². The van der Waals surface area contributed by atoms with Crippen LogP contribution in [0.5, 0.6) is 0 Å². The lowest BCUT2D eigenvalue weighted by Gasteiger charge is -2.08. The van der Waals surface area contributed by atoms with E-state index in [9.17, 15) is 0 Å². The van der Waals surface area contributed by atoms with Crippen molar-refractivity contribution < 1.29 is 0 Å². The van der Waals surface area contributed by atoms with Crippen LogP contribution >= 0.6 is 0 Å². The van der Waals surface area contributed by atoms with Crippen LogP contribution in [-0.4, -0.2) is 6.04 Å². The summed E-state index contributed by atoms with van der Waals surface area (Å²) in [7, 11) is 0. The molecule has 0 saturated heterocycles. The largest absolute Gasteiger partial charge is 0.328 e. The Morgan fingerprint density at radius 3 is 2.56 bits per heavy atom. The second kappa shape index (κ2) is 5.13. The molecular formula is C15H19N. The van der Waals surface area contributed by atoms with Gasteiger partial charge in [-0.3, -0.25) is 0 Å². The fourth-order valence-corrected chi connectivity index (χ4v) is 1.95. The zero-order valence-corrected chi connectivity index (χ0v) is 9.82. The lowest BCUT2D eigenvalue weighted by atomic mass is 10.0. The minimum Gasteiger partial charge on any atom is -0.328 e. The van der Waals surface area contributed by atoms with E-state index in [0.29, 0.717) is 6.04 Å². The zero-order valence-electron chi connectivity index (χ0n) is 9.82. The Hall–Kier alpha value is -1.34. The molecule has 0 aliphatic heterocycles. The van der Waals surface area contributed by atoms with Crippen LogP contribution in [0.4, 0.5) is 0 Å². The van der Waals surface area contributed by atoms with Gasteiger partial charge in [0.25, 0.3) is 0 Å². The topological polar surface area (TPSA) is 26.0 Å². The average Bonchev–Trinajstić information content (AvgIpc) is 2.35. The second-order valence-electron chi connectivity index (χ2n) is 4.39. The number of benzene rings is 2. The number of nitrogens with two attached hydrogens (primary N) is 1. The molecule has 0 fully saturated rings. The first-order valence-electron chi connectivity index (χ1n) is 6.03. The Morgan fingerprint density at radius 1 is 1.06 bits per heavy atom. The summed E-state index contributed by atoms with van der Waals surface area (Å²) in [5.74, 6) is 0. The Labute approximate surface area is 97.3 Å². The molecule has 1 atom stereocenters. The summed E-state index contributed by atoms with van der Waals surface area (Å²) >= 11 is 0. The molecule has 0 radical (unpaired) electrons. The van der Waals surface area contributed by atoms with Crippen LogP contribution in [0.25, 0.3) is 10.8 Å². The summed E-state index contributed by atoms with van der Waals surface area (Å²) in [5.41, 5.74) is 7.32. The minimum atomic E-state index is 0.339. The van der Waals surface area contributed by atoms with Crippen molar-refractivity contribution in [2.45, 2.75) is 32.2 Å². The molecule has 16 heavy (non-hydrogen) atoms. The van der Waals surface area contributed by atoms with Crippen molar-refractivity contribution in [3.8, 4) is 0 Å². The molecule has 0 bridgehead atoms. The Bertz CT molecular complexity index is 462. The molecule has 0 aliphatic rings. The summed E-state index contributed by atoms with van der Waals surface area (Å²) in [6, 6.07) is 15.5. The molecule has 1 nitrogen and oxygen atoms in total. The molecule has 2 aromatic rings. The Morgan fingerprint density at radius 2 is 1.81 bits per heavy atom. The zero-order chi connectivity index (χ0) is 11.4. The number of fused-ring (bicyclic) bond motifs is 1. The van der Waals surface area contributed by atoms with E-state index < -0.39 is 0 Å². The van der Waals surface area contributed by atoms with Gasteiger partial charge in [0.2, 0.25) is 0 Å². The van der Waals surface area contributed by atoms with Gasteiger partial charge in [-0.25, -0.2) is 0 Å². The van der Waals surface area contributed by atoms with Crippen LogP contribution in [0, 0.1) is 0 Å². The minimum absolute atomic E-state index is 0.339. The van der Waals surface area contributed by atoms with E-state index in [2.05, 4.69) is 49.4 Å². The fourth-order valence-electron chi connectivity index (χ4n) is 1.95. The highest BCUT2D eigenvalue weighted by atomic mass is 14.6. The number of hydrogen-bond acceptors (Lipinski definition) is 1. The number of aryl methyl sites for hydroxylation is 1. The maximum atomic E-state index is 5.93. The number of hydrogen-bond donors (Lipinski definition) is 1. The third kappa shape index (κ3) is 2.61. The maximum Gasteiger partial charge on any atom is 0.00393 e. The van der Waals surface area contributed by atoms with Gasteiger partial charge in [-0.05, 0) is 35.6 Å². The monoisotopic (exact) mass is 213 g/mol. The quantitative estimate of drug-likeness (QED) is 0.826. The standard InChI is InChI=1S/C15H19N/c1-2-15(16)10-8-12-7-9-13-5-3-4-6-14(13)11-12/h3-7,9,11,15H,2,8,10,16H2,1H3. The van der Waals surface area contributed by atoms with Crippen LogP contribution in [0.1, 0.15) is 25.3 Å². The smallest absolute Gasteiger partial charge is 0.00393 e. The van der Waals surface area contributed by atoms with Gasteiger partial charge in [0.1, 0.15) is 0 Å². The van der Waals surface area contributed by atoms with Crippen molar-refractivity contribution in [1.29, 1.82) is 0 Å². The third-order valence-electron chi connectivity index (χ3n) is 3.14. The highest BCUT2D eigenvalue weighted by Gasteiger charge is 2.01. The average molecular weight is 213 g/mol. The summed E-state index contributed by atoms with van der Waals surface area (Å²) in [5, 5.41) is 2.64. The molecule has 1 unspecified atom stereocenters. The maximum absolute atomic E-state index is 5.93. The van der Waals surface area contributed by atoms with Gasteiger partial charge in [-0.1, -0.05) is 49.4 Å². The Kier molecular flexibility index (Phi) is 3.58. The van der Waals surface area contributed by atoms with Crippen LogP contribution in [0.2, 0.25) is 0 Å². The van der Waals surface area contributed by atoms with Crippen molar-refractivity contribution in [3.63, 3.8) is 0 Å². The van der Waals surface area contributed by atoms with E-state index >= 15 is 0 Å². The van der Waals surface area contributed by atoms with Crippen molar-refractivity contribution >= 4 is 10.8 Å². The molecule has 1 heteroatoms. The third-order valence-corrected chi connectivity index (χ3v) is 3.14. The van der Waals surface area contributed by atoms with E-state index in [0.717, 1.165) is 19.3 Å². The predicted octanol–water partition coefficient (Wildman–Crippen LogP) is 3.51. The molecule has 0 heterocycles. The molecule has 0 aliphatic carbocycles. The van der Waals surface area contributed by atoms with Gasteiger partial charge >= 0.3 is 0 Å². The van der Waals surface area contributed by atoms with Crippen molar-refractivity contribution in [1.82, 2.24) is 0 Å². The molecule has 2 rings (SSSR count).